The van der Waals surface area contributed by atoms with E-state index >= 15 is 0 Å². The van der Waals surface area contributed by atoms with Gasteiger partial charge in [-0.2, -0.15) is 5.10 Å². The van der Waals surface area contributed by atoms with Gasteiger partial charge in [-0.3, -0.25) is 0 Å². The SMILES string of the molecule is CC(C)(Oc1c(Br)cc(Cn2ncn(-c3ccc(OC(F)(F)F)cc3)c2=O)cc1Br)C(=O)O. The molecule has 0 aliphatic heterocycles. The molecule has 3 aromatic rings. The zero-order valence-electron chi connectivity index (χ0n) is 17.1. The number of rotatable bonds is 7. The quantitative estimate of drug-likeness (QED) is 0.424. The van der Waals surface area contributed by atoms with Gasteiger partial charge in [0, 0.05) is 0 Å². The highest BCUT2D eigenvalue weighted by molar-refractivity contribution is 9.11. The average molecular weight is 595 g/mol. The number of hydrogen-bond donors (Lipinski definition) is 1. The van der Waals surface area contributed by atoms with Crippen molar-refractivity contribution in [3.8, 4) is 17.2 Å². The first kappa shape index (κ1) is 24.8. The van der Waals surface area contributed by atoms with Crippen LogP contribution in [0.3, 0.4) is 0 Å². The number of alkyl halides is 3. The van der Waals surface area contributed by atoms with Crippen molar-refractivity contribution in [2.75, 3.05) is 0 Å². The first-order valence-electron chi connectivity index (χ1n) is 9.18. The molecule has 3 rings (SSSR count). The number of halogens is 5. The molecule has 0 amide bonds. The Bertz CT molecular complexity index is 1210. The number of nitrogens with zero attached hydrogens (tertiary/aromatic N) is 3. The summed E-state index contributed by atoms with van der Waals surface area (Å²) in [6.45, 7) is 2.90. The standard InChI is InChI=1S/C20H16Br2F3N3O5/c1-19(2,17(29)30)33-16-14(21)7-11(8-15(16)22)9-28-18(31)27(10-26-28)12-3-5-13(6-4-12)32-20(23,24)25/h3-8,10H,9H2,1-2H3,(H,29,30). The fraction of sp³-hybridized carbons (Fsp3) is 0.250. The van der Waals surface area contributed by atoms with Crippen molar-refractivity contribution in [2.45, 2.75) is 32.4 Å². The molecule has 0 saturated heterocycles. The maximum Gasteiger partial charge on any atom is 0.573 e. The zero-order valence-corrected chi connectivity index (χ0v) is 20.2. The fourth-order valence-electron chi connectivity index (χ4n) is 2.70. The summed E-state index contributed by atoms with van der Waals surface area (Å²) in [5.74, 6) is -1.26. The molecule has 2 aromatic carbocycles. The Balaban J connectivity index is 1.82. The molecule has 1 N–H and O–H groups in total. The lowest BCUT2D eigenvalue weighted by Crippen LogP contribution is -2.38. The van der Waals surface area contributed by atoms with E-state index in [1.54, 1.807) is 12.1 Å². The Morgan fingerprint density at radius 3 is 2.18 bits per heavy atom. The third-order valence-electron chi connectivity index (χ3n) is 4.34. The molecule has 13 heteroatoms. The summed E-state index contributed by atoms with van der Waals surface area (Å²) >= 11 is 6.70. The van der Waals surface area contributed by atoms with E-state index in [9.17, 15) is 27.9 Å². The lowest BCUT2D eigenvalue weighted by molar-refractivity contribution is -0.274. The van der Waals surface area contributed by atoms with Crippen molar-refractivity contribution in [2.24, 2.45) is 0 Å². The van der Waals surface area contributed by atoms with Gasteiger partial charge in [-0.15, -0.1) is 13.2 Å². The Labute approximate surface area is 201 Å². The van der Waals surface area contributed by atoms with Crippen LogP contribution in [0.1, 0.15) is 19.4 Å². The molecule has 176 valence electrons. The Morgan fingerprint density at radius 1 is 1.09 bits per heavy atom. The summed E-state index contributed by atoms with van der Waals surface area (Å²) in [5.41, 5.74) is -1.03. The predicted molar refractivity (Wildman–Crippen MR) is 118 cm³/mol. The van der Waals surface area contributed by atoms with E-state index in [1.807, 2.05) is 0 Å². The summed E-state index contributed by atoms with van der Waals surface area (Å²) in [6, 6.07) is 8.12. The van der Waals surface area contributed by atoms with Crippen molar-refractivity contribution in [3.63, 3.8) is 0 Å². The van der Waals surface area contributed by atoms with Crippen molar-refractivity contribution in [1.82, 2.24) is 14.3 Å². The van der Waals surface area contributed by atoms with E-state index in [0.717, 1.165) is 16.8 Å². The predicted octanol–water partition coefficient (Wildman–Crippen LogP) is 4.75. The van der Waals surface area contributed by atoms with Crippen LogP contribution >= 0.6 is 31.9 Å². The Hall–Kier alpha value is -2.80. The van der Waals surface area contributed by atoms with Crippen LogP contribution in [0.2, 0.25) is 0 Å². The van der Waals surface area contributed by atoms with Gasteiger partial charge < -0.3 is 14.6 Å². The van der Waals surface area contributed by atoms with Crippen molar-refractivity contribution in [3.05, 3.63) is 67.7 Å². The lowest BCUT2D eigenvalue weighted by Gasteiger charge is -2.23. The lowest BCUT2D eigenvalue weighted by atomic mass is 10.1. The monoisotopic (exact) mass is 593 g/mol. The van der Waals surface area contributed by atoms with E-state index in [1.165, 1.54) is 36.9 Å². The van der Waals surface area contributed by atoms with Crippen molar-refractivity contribution in [1.29, 1.82) is 0 Å². The summed E-state index contributed by atoms with van der Waals surface area (Å²) in [7, 11) is 0. The van der Waals surface area contributed by atoms with Gasteiger partial charge in [0.2, 0.25) is 0 Å². The Morgan fingerprint density at radius 2 is 1.67 bits per heavy atom. The second kappa shape index (κ2) is 9.21. The van der Waals surface area contributed by atoms with E-state index < -0.39 is 29.4 Å². The third-order valence-corrected chi connectivity index (χ3v) is 5.52. The number of hydrogen-bond acceptors (Lipinski definition) is 5. The highest BCUT2D eigenvalue weighted by Crippen LogP contribution is 2.37. The normalized spacial score (nSPS) is 12.0. The van der Waals surface area contributed by atoms with Gasteiger partial charge >= 0.3 is 18.0 Å². The minimum absolute atomic E-state index is 0.0703. The molecule has 0 aliphatic carbocycles. The third kappa shape index (κ3) is 5.96. The number of carbonyl (C=O) groups is 1. The molecular formula is C20H16Br2F3N3O5. The van der Waals surface area contributed by atoms with Gasteiger partial charge in [-0.05, 0) is 87.7 Å². The number of carboxylic acid groups (broad SMARTS) is 1. The average Bonchev–Trinajstić information content (AvgIpc) is 3.04. The van der Waals surface area contributed by atoms with Crippen molar-refractivity contribution >= 4 is 37.8 Å². The van der Waals surface area contributed by atoms with Gasteiger partial charge in [0.1, 0.15) is 17.8 Å². The van der Waals surface area contributed by atoms with Gasteiger partial charge in [-0.25, -0.2) is 18.8 Å². The van der Waals surface area contributed by atoms with Crippen LogP contribution in [-0.4, -0.2) is 37.4 Å². The summed E-state index contributed by atoms with van der Waals surface area (Å²) in [4.78, 5) is 24.1. The van der Waals surface area contributed by atoms with E-state index in [2.05, 4.69) is 41.7 Å². The minimum Gasteiger partial charge on any atom is -0.478 e. The van der Waals surface area contributed by atoms with Crippen LogP contribution in [0.4, 0.5) is 13.2 Å². The molecule has 33 heavy (non-hydrogen) atoms. The smallest absolute Gasteiger partial charge is 0.478 e. The molecule has 0 fully saturated rings. The van der Waals surface area contributed by atoms with Gasteiger partial charge in [0.25, 0.3) is 0 Å². The first-order chi connectivity index (χ1) is 15.3. The molecule has 0 atom stereocenters. The number of benzene rings is 2. The second-order valence-corrected chi connectivity index (χ2v) is 9.00. The number of ether oxygens (including phenoxy) is 2. The van der Waals surface area contributed by atoms with Crippen LogP contribution in [0.15, 0.2) is 56.5 Å². The molecule has 0 aliphatic rings. The summed E-state index contributed by atoms with van der Waals surface area (Å²) in [5, 5.41) is 13.3. The van der Waals surface area contributed by atoms with Gasteiger partial charge in [-0.1, -0.05) is 0 Å². The van der Waals surface area contributed by atoms with E-state index in [4.69, 9.17) is 4.74 Å². The maximum atomic E-state index is 12.7. The molecule has 0 saturated carbocycles. The summed E-state index contributed by atoms with van der Waals surface area (Å²) in [6.07, 6.45) is -3.56. The topological polar surface area (TPSA) is 95.6 Å². The molecule has 0 bridgehead atoms. The van der Waals surface area contributed by atoms with Crippen LogP contribution in [0.25, 0.3) is 5.69 Å². The number of carboxylic acids is 1. The maximum absolute atomic E-state index is 12.7. The van der Waals surface area contributed by atoms with E-state index in [0.29, 0.717) is 20.2 Å². The molecule has 0 unspecified atom stereocenters. The van der Waals surface area contributed by atoms with Crippen LogP contribution < -0.4 is 15.2 Å². The molecular weight excluding hydrogens is 579 g/mol. The molecule has 8 nitrogen and oxygen atoms in total. The number of aromatic nitrogens is 3. The molecule has 0 radical (unpaired) electrons. The molecule has 0 spiro atoms. The van der Waals surface area contributed by atoms with Crippen LogP contribution in [0, 0.1) is 0 Å². The second-order valence-electron chi connectivity index (χ2n) is 7.29. The zero-order chi connectivity index (χ0) is 24.6. The van der Waals surface area contributed by atoms with Gasteiger partial charge in [0.15, 0.2) is 5.60 Å². The van der Waals surface area contributed by atoms with Crippen LogP contribution in [-0.2, 0) is 11.3 Å². The summed E-state index contributed by atoms with van der Waals surface area (Å²) < 4.78 is 49.6. The largest absolute Gasteiger partial charge is 0.573 e. The Kier molecular flexibility index (Phi) is 6.93. The van der Waals surface area contributed by atoms with Crippen LogP contribution in [0.5, 0.6) is 11.5 Å². The highest BCUT2D eigenvalue weighted by atomic mass is 79.9. The minimum atomic E-state index is -4.81. The number of aliphatic carboxylic acids is 1. The first-order valence-corrected chi connectivity index (χ1v) is 10.8. The molecule has 1 aromatic heterocycles. The highest BCUT2D eigenvalue weighted by Gasteiger charge is 2.32. The van der Waals surface area contributed by atoms with Crippen molar-refractivity contribution < 1.29 is 32.5 Å². The van der Waals surface area contributed by atoms with E-state index in [-0.39, 0.29) is 12.3 Å². The van der Waals surface area contributed by atoms with Gasteiger partial charge in [0.05, 0.1) is 21.2 Å². The molecule has 1 heterocycles. The fourth-order valence-corrected chi connectivity index (χ4v) is 4.15.